The number of para-hydroxylation sites is 1. The molecule has 0 saturated carbocycles. The second-order valence-electron chi connectivity index (χ2n) is 23.4. The van der Waals surface area contributed by atoms with E-state index in [2.05, 4.69) is 201 Å². The van der Waals surface area contributed by atoms with Gasteiger partial charge < -0.3 is 24.1 Å². The zero-order chi connectivity index (χ0) is 55.0. The molecule has 1 amide bonds. The Morgan fingerprint density at radius 1 is 0.506 bits per heavy atom. The van der Waals surface area contributed by atoms with Crippen LogP contribution in [0, 0.1) is 11.8 Å². The van der Waals surface area contributed by atoms with Crippen LogP contribution >= 0.6 is 0 Å². The Bertz CT molecular complexity index is 2890. The van der Waals surface area contributed by atoms with Crippen LogP contribution in [-0.4, -0.2) is 54.0 Å². The maximum absolute atomic E-state index is 11.2. The molecule has 1 N–H and O–H groups in total. The van der Waals surface area contributed by atoms with E-state index in [1.54, 1.807) is 28.5 Å². The lowest BCUT2D eigenvalue weighted by atomic mass is 9.93. The molecule has 7 aromatic rings. The van der Waals surface area contributed by atoms with Crippen molar-refractivity contribution in [3.05, 3.63) is 206 Å². The molecule has 0 unspecified atom stereocenters. The van der Waals surface area contributed by atoms with E-state index in [0.717, 1.165) is 67.2 Å². The van der Waals surface area contributed by atoms with Crippen molar-refractivity contribution >= 4 is 16.9 Å². The Kier molecular flexibility index (Phi) is 21.8. The van der Waals surface area contributed by atoms with Gasteiger partial charge in [-0.05, 0) is 169 Å². The largest absolute Gasteiger partial charge is 0.492 e. The Balaban J connectivity index is 0.000000134. The molecule has 4 aliphatic heterocycles. The molecule has 410 valence electrons. The minimum absolute atomic E-state index is 0.0605. The van der Waals surface area contributed by atoms with Crippen molar-refractivity contribution in [1.82, 2.24) is 15.1 Å². The van der Waals surface area contributed by atoms with E-state index < -0.39 is 0 Å². The second-order valence-corrected chi connectivity index (χ2v) is 23.4. The molecule has 1 aromatic heterocycles. The van der Waals surface area contributed by atoms with Crippen molar-refractivity contribution in [2.24, 2.45) is 11.8 Å². The number of nitrogens with zero attached hydrogens (tertiary/aromatic N) is 2. The number of fused-ring (bicyclic) bond motifs is 6. The van der Waals surface area contributed by atoms with Gasteiger partial charge in [-0.25, -0.2) is 0 Å². The summed E-state index contributed by atoms with van der Waals surface area (Å²) in [6.45, 7) is 34.4. The molecule has 0 atom stereocenters. The Hall–Kier alpha value is -5.99. The number of ether oxygens (including phenoxy) is 2. The summed E-state index contributed by atoms with van der Waals surface area (Å²) in [5.41, 5.74) is 17.3. The number of rotatable bonds is 6. The maximum Gasteiger partial charge on any atom is 0.251 e. The van der Waals surface area contributed by atoms with Gasteiger partial charge in [-0.2, -0.15) is 0 Å². The molecule has 7 nitrogen and oxygen atoms in total. The quantitative estimate of drug-likeness (QED) is 0.179. The third-order valence-electron chi connectivity index (χ3n) is 16.0. The van der Waals surface area contributed by atoms with E-state index in [0.29, 0.717) is 36.4 Å². The first-order valence-corrected chi connectivity index (χ1v) is 28.9. The van der Waals surface area contributed by atoms with Gasteiger partial charge in [-0.1, -0.05) is 159 Å². The molecule has 7 heteroatoms. The molecule has 5 aliphatic rings. The molecule has 0 spiro atoms. The molecule has 12 rings (SSSR count). The Morgan fingerprint density at radius 3 is 1.64 bits per heavy atom. The van der Waals surface area contributed by atoms with Crippen molar-refractivity contribution in [2.45, 2.75) is 165 Å². The van der Waals surface area contributed by atoms with Crippen LogP contribution in [0.2, 0.25) is 0 Å². The molecule has 5 heterocycles. The molecule has 6 aromatic carbocycles. The highest BCUT2D eigenvalue weighted by Crippen LogP contribution is 2.31. The number of carbonyl (C=O) groups excluding carboxylic acids is 1. The lowest BCUT2D eigenvalue weighted by Gasteiger charge is -2.23. The fourth-order valence-corrected chi connectivity index (χ4v) is 10.6. The van der Waals surface area contributed by atoms with Crippen molar-refractivity contribution < 1.29 is 18.7 Å². The first kappa shape index (κ1) is 58.7. The van der Waals surface area contributed by atoms with E-state index in [-0.39, 0.29) is 5.91 Å². The minimum atomic E-state index is 0.0605. The van der Waals surface area contributed by atoms with Crippen molar-refractivity contribution in [3.8, 4) is 5.75 Å². The normalized spacial score (nSPS) is 15.6. The topological polar surface area (TPSA) is 67.2 Å². The zero-order valence-electron chi connectivity index (χ0n) is 48.8. The van der Waals surface area contributed by atoms with Gasteiger partial charge in [-0.15, -0.1) is 0 Å². The molecule has 0 saturated heterocycles. The smallest absolute Gasteiger partial charge is 0.251 e. The summed E-state index contributed by atoms with van der Waals surface area (Å²) in [4.78, 5) is 16.2. The molecule has 77 heavy (non-hydrogen) atoms. The molecular formula is C70H91N3O4. The van der Waals surface area contributed by atoms with E-state index >= 15 is 0 Å². The fraction of sp³-hybridized carbons (Fsp3) is 0.443. The summed E-state index contributed by atoms with van der Waals surface area (Å²) in [6.07, 6.45) is 6.76. The molecule has 1 aliphatic carbocycles. The average Bonchev–Trinajstić information content (AvgIpc) is 4.23. The first-order valence-electron chi connectivity index (χ1n) is 28.9. The highest BCUT2D eigenvalue weighted by molar-refractivity contribution is 5.98. The van der Waals surface area contributed by atoms with Gasteiger partial charge in [-0.3, -0.25) is 9.69 Å². The maximum atomic E-state index is 11.2. The van der Waals surface area contributed by atoms with Crippen LogP contribution in [0.4, 0.5) is 0 Å². The molecule has 0 radical (unpaired) electrons. The minimum Gasteiger partial charge on any atom is -0.492 e. The summed E-state index contributed by atoms with van der Waals surface area (Å²) in [5.74, 6) is 4.57. The number of hydrogen-bond donors (Lipinski definition) is 1. The van der Waals surface area contributed by atoms with Crippen molar-refractivity contribution in [3.63, 3.8) is 0 Å². The van der Waals surface area contributed by atoms with Crippen LogP contribution < -0.4 is 10.1 Å². The molecule has 0 fully saturated rings. The van der Waals surface area contributed by atoms with Crippen molar-refractivity contribution in [1.29, 1.82) is 0 Å². The molecular weight excluding hydrogens is 947 g/mol. The predicted molar refractivity (Wildman–Crippen MR) is 321 cm³/mol. The van der Waals surface area contributed by atoms with Crippen LogP contribution in [0.5, 0.6) is 5.75 Å². The first-order chi connectivity index (χ1) is 37.0. The number of carbonyl (C=O) groups is 1. The second kappa shape index (κ2) is 28.6. The summed E-state index contributed by atoms with van der Waals surface area (Å²) in [5, 5.41) is 4.01. The molecule has 0 bridgehead atoms. The van der Waals surface area contributed by atoms with Crippen LogP contribution in [0.3, 0.4) is 0 Å². The van der Waals surface area contributed by atoms with E-state index in [9.17, 15) is 4.79 Å². The van der Waals surface area contributed by atoms with Gasteiger partial charge in [0.2, 0.25) is 0 Å². The third kappa shape index (κ3) is 16.8. The van der Waals surface area contributed by atoms with Gasteiger partial charge in [0.25, 0.3) is 5.91 Å². The number of furan rings is 1. The third-order valence-corrected chi connectivity index (χ3v) is 16.0. The SMILES string of the molecule is CC(C)C1Cc2ccccc2C1.CC(C)N1CCOc2ccccc2C1.CC(C)N1CCc2ccccc2CC1.CC(C)c1ccc2c(c1)CNC2=O.CC(C)c1ccc2c(c1)COC2.CC(C)c1ccc2occc2c1. The number of nitrogens with one attached hydrogen (secondary N) is 1. The fourth-order valence-electron chi connectivity index (χ4n) is 10.6. The van der Waals surface area contributed by atoms with Gasteiger partial charge in [0.15, 0.2) is 0 Å². The van der Waals surface area contributed by atoms with Gasteiger partial charge in [0.05, 0.1) is 19.5 Å². The Morgan fingerprint density at radius 2 is 1.04 bits per heavy atom. The lowest BCUT2D eigenvalue weighted by molar-refractivity contribution is 0.0965. The Labute approximate surface area is 463 Å². The average molecular weight is 1040 g/mol. The van der Waals surface area contributed by atoms with Crippen LogP contribution in [0.15, 0.2) is 144 Å². The number of amides is 1. The summed E-state index contributed by atoms with van der Waals surface area (Å²) < 4.78 is 16.3. The number of hydrogen-bond acceptors (Lipinski definition) is 6. The van der Waals surface area contributed by atoms with E-state index in [1.165, 1.54) is 77.5 Å². The lowest BCUT2D eigenvalue weighted by Crippen LogP contribution is -2.32. The summed E-state index contributed by atoms with van der Waals surface area (Å²) in [6, 6.07) is 48.4. The van der Waals surface area contributed by atoms with Crippen LogP contribution in [-0.2, 0) is 56.7 Å². The van der Waals surface area contributed by atoms with Crippen LogP contribution in [0.1, 0.15) is 172 Å². The standard InChI is InChI=1S/C13H19N.C12H17NO.C12H16.C11H13NO.C11H14O.C11H12O/c1-11(2)14-9-7-12-5-3-4-6-13(12)8-10-14;1-10(2)13-7-8-14-12-6-4-3-5-11(12)9-13;1-9(2)12-7-10-5-3-4-6-11(10)8-12;1-7(2)8-3-4-10-9(5-8)6-12-11(10)13;1-8(2)9-3-4-10-6-12-7-11(10)5-9;1-8(2)9-3-4-11-10(7-9)5-6-12-11/h3-6,11H,7-10H2,1-2H3;3-6,10H,7-9H2,1-2H3;3-6,9,12H,7-8H2,1-2H3;3-5,7H,6H2,1-2H3,(H,12,13);3-5,8H,6-7H2,1-2H3;3-8H,1-2H3. The summed E-state index contributed by atoms with van der Waals surface area (Å²) >= 11 is 0. The number of benzene rings is 6. The summed E-state index contributed by atoms with van der Waals surface area (Å²) in [7, 11) is 0. The zero-order valence-corrected chi connectivity index (χ0v) is 48.8. The van der Waals surface area contributed by atoms with Crippen LogP contribution in [0.25, 0.3) is 11.0 Å². The van der Waals surface area contributed by atoms with Gasteiger partial charge >= 0.3 is 0 Å². The van der Waals surface area contributed by atoms with Gasteiger partial charge in [0, 0.05) is 61.3 Å². The van der Waals surface area contributed by atoms with Crippen molar-refractivity contribution in [2.75, 3.05) is 26.2 Å². The van der Waals surface area contributed by atoms with Gasteiger partial charge in [0.1, 0.15) is 17.9 Å². The monoisotopic (exact) mass is 1040 g/mol. The highest BCUT2D eigenvalue weighted by atomic mass is 16.5. The van der Waals surface area contributed by atoms with E-state index in [1.807, 2.05) is 30.3 Å². The highest BCUT2D eigenvalue weighted by Gasteiger charge is 2.23. The predicted octanol–water partition coefficient (Wildman–Crippen LogP) is 16.3. The van der Waals surface area contributed by atoms with E-state index in [4.69, 9.17) is 13.9 Å².